The van der Waals surface area contributed by atoms with Crippen LogP contribution in [0.25, 0.3) is 0 Å². The normalized spacial score (nSPS) is 18.2. The Labute approximate surface area is 199 Å². The van der Waals surface area contributed by atoms with Gasteiger partial charge in [-0.05, 0) is 48.9 Å². The van der Waals surface area contributed by atoms with Gasteiger partial charge in [0.15, 0.2) is 23.1 Å². The Kier molecular flexibility index (Phi) is 6.03. The summed E-state index contributed by atoms with van der Waals surface area (Å²) in [6.07, 6.45) is 5.05. The van der Waals surface area contributed by atoms with Crippen molar-refractivity contribution in [2.24, 2.45) is 0 Å². The minimum atomic E-state index is -0.754. The lowest BCUT2D eigenvalue weighted by Crippen LogP contribution is -2.55. The summed E-state index contributed by atoms with van der Waals surface area (Å²) in [5.41, 5.74) is 5.21. The maximum Gasteiger partial charge on any atom is 0.278 e. The standard InChI is InChI=1S/C14H10F2S.C11H13N3O3/c15-12-6-5-9-7-10-3-1-2-4-13(10)17-8-11(9)14(12)16;15-7-4-6-14-9(10(7)16)11(17)13-5-2-1-3-8(13)12-14/h1-6H,7-8H2;4,6,8,12,16H,1-3,5H2/t;8-/m.0/s1. The van der Waals surface area contributed by atoms with Crippen LogP contribution in [0.5, 0.6) is 5.75 Å². The fourth-order valence-electron chi connectivity index (χ4n) is 4.54. The Bertz CT molecular complexity index is 1330. The molecular weight excluding hydrogens is 460 g/mol. The fourth-order valence-corrected chi connectivity index (χ4v) is 5.66. The number of fused-ring (bicyclic) bond motifs is 4. The number of nitrogens with one attached hydrogen (secondary N) is 1. The van der Waals surface area contributed by atoms with Crippen molar-refractivity contribution >= 4 is 17.7 Å². The van der Waals surface area contributed by atoms with Crippen LogP contribution < -0.4 is 10.9 Å². The van der Waals surface area contributed by atoms with Gasteiger partial charge in [-0.25, -0.2) is 8.78 Å². The van der Waals surface area contributed by atoms with E-state index in [0.29, 0.717) is 24.3 Å². The maximum absolute atomic E-state index is 13.7. The van der Waals surface area contributed by atoms with Crippen LogP contribution in [0.2, 0.25) is 0 Å². The molecule has 3 aliphatic heterocycles. The highest BCUT2D eigenvalue weighted by Gasteiger charge is 2.35. The van der Waals surface area contributed by atoms with Gasteiger partial charge in [-0.15, -0.1) is 11.8 Å². The van der Waals surface area contributed by atoms with Crippen LogP contribution >= 0.6 is 11.8 Å². The van der Waals surface area contributed by atoms with Crippen molar-refractivity contribution in [1.29, 1.82) is 0 Å². The minimum absolute atomic E-state index is 0.0364. The molecule has 2 aromatic carbocycles. The number of piperidine rings is 1. The molecule has 1 saturated heterocycles. The van der Waals surface area contributed by atoms with Crippen LogP contribution in [-0.4, -0.2) is 33.3 Å². The van der Waals surface area contributed by atoms with E-state index in [0.717, 1.165) is 29.7 Å². The average molecular weight is 484 g/mol. The highest BCUT2D eigenvalue weighted by Crippen LogP contribution is 2.35. The summed E-state index contributed by atoms with van der Waals surface area (Å²) < 4.78 is 28.3. The van der Waals surface area contributed by atoms with E-state index in [1.54, 1.807) is 22.7 Å². The first-order valence-corrected chi connectivity index (χ1v) is 12.1. The SMILES string of the molecule is Fc1ccc2c(c1F)CSc1ccccc1C2.O=C1c2c(O)c(=O)ccn2N[C@@H]2CCCCN12. The van der Waals surface area contributed by atoms with Crippen LogP contribution in [0.15, 0.2) is 58.4 Å². The summed E-state index contributed by atoms with van der Waals surface area (Å²) in [4.78, 5) is 26.4. The van der Waals surface area contributed by atoms with Crippen LogP contribution in [-0.2, 0) is 12.2 Å². The van der Waals surface area contributed by atoms with Crippen molar-refractivity contribution in [3.63, 3.8) is 0 Å². The molecule has 3 aliphatic rings. The molecule has 0 saturated carbocycles. The Morgan fingerprint density at radius 1 is 1.03 bits per heavy atom. The van der Waals surface area contributed by atoms with Crippen LogP contribution in [0.3, 0.4) is 0 Å². The first-order valence-electron chi connectivity index (χ1n) is 11.1. The molecule has 1 atom stereocenters. The molecule has 0 bridgehead atoms. The molecule has 34 heavy (non-hydrogen) atoms. The van der Waals surface area contributed by atoms with Gasteiger partial charge in [0.25, 0.3) is 5.91 Å². The zero-order valence-electron chi connectivity index (χ0n) is 18.3. The van der Waals surface area contributed by atoms with E-state index >= 15 is 0 Å². The second kappa shape index (κ2) is 9.13. The second-order valence-corrected chi connectivity index (χ2v) is 9.48. The van der Waals surface area contributed by atoms with Gasteiger partial charge >= 0.3 is 0 Å². The van der Waals surface area contributed by atoms with E-state index in [4.69, 9.17) is 0 Å². The van der Waals surface area contributed by atoms with Gasteiger partial charge in [0.05, 0.1) is 0 Å². The highest BCUT2D eigenvalue weighted by atomic mass is 32.2. The lowest BCUT2D eigenvalue weighted by molar-refractivity contribution is 0.0569. The third kappa shape index (κ3) is 4.04. The Hall–Kier alpha value is -3.33. The second-order valence-electron chi connectivity index (χ2n) is 8.46. The van der Waals surface area contributed by atoms with E-state index in [-0.39, 0.29) is 17.8 Å². The lowest BCUT2D eigenvalue weighted by atomic mass is 10.0. The molecule has 176 valence electrons. The highest BCUT2D eigenvalue weighted by molar-refractivity contribution is 7.98. The molecule has 1 aromatic heterocycles. The number of carbonyl (C=O) groups excluding carboxylic acids is 1. The van der Waals surface area contributed by atoms with Crippen LogP contribution in [0.1, 0.15) is 46.4 Å². The van der Waals surface area contributed by atoms with Crippen molar-refractivity contribution in [1.82, 2.24) is 9.58 Å². The Morgan fingerprint density at radius 3 is 2.71 bits per heavy atom. The smallest absolute Gasteiger partial charge is 0.278 e. The first kappa shape index (κ1) is 22.5. The molecular formula is C25H23F2N3O3S. The quantitative estimate of drug-likeness (QED) is 0.501. The van der Waals surface area contributed by atoms with E-state index in [9.17, 15) is 23.5 Å². The Balaban J connectivity index is 0.000000142. The van der Waals surface area contributed by atoms with Gasteiger partial charge in [0, 0.05) is 35.0 Å². The van der Waals surface area contributed by atoms with Gasteiger partial charge < -0.3 is 15.4 Å². The van der Waals surface area contributed by atoms with Gasteiger partial charge in [0.2, 0.25) is 5.43 Å². The third-order valence-corrected chi connectivity index (χ3v) is 7.49. The minimum Gasteiger partial charge on any atom is -0.502 e. The molecule has 1 fully saturated rings. The number of benzene rings is 2. The molecule has 2 N–H and O–H groups in total. The molecule has 6 rings (SSSR count). The number of aromatic hydroxyl groups is 1. The number of halogens is 2. The summed E-state index contributed by atoms with van der Waals surface area (Å²) >= 11 is 1.57. The predicted octanol–water partition coefficient (Wildman–Crippen LogP) is 4.22. The summed E-state index contributed by atoms with van der Waals surface area (Å²) in [5, 5.41) is 9.68. The Morgan fingerprint density at radius 2 is 1.85 bits per heavy atom. The first-order chi connectivity index (χ1) is 16.4. The van der Waals surface area contributed by atoms with Crippen molar-refractivity contribution < 1.29 is 18.7 Å². The zero-order chi connectivity index (χ0) is 23.8. The van der Waals surface area contributed by atoms with Crippen LogP contribution in [0, 0.1) is 11.6 Å². The number of rotatable bonds is 0. The summed E-state index contributed by atoms with van der Waals surface area (Å²) in [5.74, 6) is -1.70. The predicted molar refractivity (Wildman–Crippen MR) is 126 cm³/mol. The van der Waals surface area contributed by atoms with Gasteiger partial charge in [-0.3, -0.25) is 14.3 Å². The summed E-state index contributed by atoms with van der Waals surface area (Å²) in [6, 6.07) is 12.2. The lowest BCUT2D eigenvalue weighted by Gasteiger charge is -2.41. The maximum atomic E-state index is 13.7. The zero-order valence-corrected chi connectivity index (χ0v) is 19.1. The molecule has 4 heterocycles. The van der Waals surface area contributed by atoms with Gasteiger partial charge in [-0.1, -0.05) is 24.3 Å². The van der Waals surface area contributed by atoms with E-state index in [2.05, 4.69) is 5.43 Å². The van der Waals surface area contributed by atoms with Crippen LogP contribution in [0.4, 0.5) is 8.78 Å². The van der Waals surface area contributed by atoms with E-state index < -0.39 is 22.8 Å². The number of amides is 1. The number of nitrogens with zero attached hydrogens (tertiary/aromatic N) is 2. The monoisotopic (exact) mass is 483 g/mol. The third-order valence-electron chi connectivity index (χ3n) is 6.35. The fraction of sp³-hybridized carbons (Fsp3) is 0.280. The topological polar surface area (TPSA) is 74.6 Å². The largest absolute Gasteiger partial charge is 0.502 e. The number of carbonyl (C=O) groups is 1. The molecule has 6 nitrogen and oxygen atoms in total. The van der Waals surface area contributed by atoms with E-state index in [1.807, 2.05) is 24.3 Å². The molecule has 3 aromatic rings. The van der Waals surface area contributed by atoms with Crippen molar-refractivity contribution in [3.05, 3.63) is 92.9 Å². The molecule has 0 radical (unpaired) electrons. The molecule has 9 heteroatoms. The van der Waals surface area contributed by atoms with Gasteiger partial charge in [-0.2, -0.15) is 0 Å². The molecule has 0 spiro atoms. The van der Waals surface area contributed by atoms with Crippen molar-refractivity contribution in [3.8, 4) is 5.75 Å². The van der Waals surface area contributed by atoms with E-state index in [1.165, 1.54) is 28.6 Å². The van der Waals surface area contributed by atoms with Gasteiger partial charge in [0.1, 0.15) is 6.17 Å². The number of hydrogen-bond donors (Lipinski definition) is 2. The molecule has 0 aliphatic carbocycles. The van der Waals surface area contributed by atoms with Crippen molar-refractivity contribution in [2.45, 2.75) is 42.5 Å². The summed E-state index contributed by atoms with van der Waals surface area (Å²) in [7, 11) is 0. The number of hydrogen-bond acceptors (Lipinski definition) is 5. The number of thioether (sulfide) groups is 1. The summed E-state index contributed by atoms with van der Waals surface area (Å²) in [6.45, 7) is 0.666. The molecule has 0 unspecified atom stereocenters. The number of aromatic nitrogens is 1. The average Bonchev–Trinajstić information content (AvgIpc) is 3.04. The number of pyridine rings is 1. The van der Waals surface area contributed by atoms with Crippen molar-refractivity contribution in [2.75, 3.05) is 12.0 Å². The molecule has 1 amide bonds.